The zero-order chi connectivity index (χ0) is 12.8. The molecule has 3 heteroatoms. The number of fused-ring (bicyclic) bond motifs is 2. The van der Waals surface area contributed by atoms with Gasteiger partial charge in [0.1, 0.15) is 0 Å². The minimum Gasteiger partial charge on any atom is -0.337 e. The summed E-state index contributed by atoms with van der Waals surface area (Å²) in [5.74, 6) is 0.907. The number of benzene rings is 1. The molecule has 1 aromatic carbocycles. The average Bonchev–Trinajstić information content (AvgIpc) is 3.11. The predicted octanol–water partition coefficient (Wildman–Crippen LogP) is 1.61. The Morgan fingerprint density at radius 2 is 2.11 bits per heavy atom. The molecular formula is C16H20N2O. The van der Waals surface area contributed by atoms with Crippen molar-refractivity contribution in [1.82, 2.24) is 10.2 Å². The lowest BCUT2D eigenvalue weighted by Crippen LogP contribution is -2.34. The number of carbonyl (C=O) groups excluding carboxylic acids is 1. The van der Waals surface area contributed by atoms with E-state index in [1.54, 1.807) is 0 Å². The first-order valence-corrected chi connectivity index (χ1v) is 7.46. The van der Waals surface area contributed by atoms with Crippen molar-refractivity contribution in [2.45, 2.75) is 31.7 Å². The first-order valence-electron chi connectivity index (χ1n) is 7.46. The van der Waals surface area contributed by atoms with Crippen LogP contribution < -0.4 is 5.32 Å². The van der Waals surface area contributed by atoms with E-state index in [0.717, 1.165) is 31.6 Å². The van der Waals surface area contributed by atoms with E-state index in [-0.39, 0.29) is 5.91 Å². The number of hydrogen-bond acceptors (Lipinski definition) is 2. The van der Waals surface area contributed by atoms with Crippen LogP contribution in [0, 0.1) is 5.92 Å². The Kier molecular flexibility index (Phi) is 2.62. The van der Waals surface area contributed by atoms with E-state index < -0.39 is 0 Å². The summed E-state index contributed by atoms with van der Waals surface area (Å²) in [7, 11) is 0. The van der Waals surface area contributed by atoms with Crippen LogP contribution in [0.5, 0.6) is 0 Å². The molecule has 4 rings (SSSR count). The van der Waals surface area contributed by atoms with E-state index in [4.69, 9.17) is 0 Å². The molecule has 100 valence electrons. The first kappa shape index (κ1) is 11.5. The minimum absolute atomic E-state index is 0.228. The summed E-state index contributed by atoms with van der Waals surface area (Å²) >= 11 is 0. The maximum absolute atomic E-state index is 12.6. The van der Waals surface area contributed by atoms with Gasteiger partial charge in [-0.2, -0.15) is 0 Å². The number of nitrogens with zero attached hydrogens (tertiary/aromatic N) is 1. The zero-order valence-electron chi connectivity index (χ0n) is 11.2. The number of carbonyl (C=O) groups is 1. The molecule has 0 unspecified atom stereocenters. The van der Waals surface area contributed by atoms with Gasteiger partial charge in [0.25, 0.3) is 5.91 Å². The number of hydrogen-bond donors (Lipinski definition) is 1. The molecule has 2 fully saturated rings. The summed E-state index contributed by atoms with van der Waals surface area (Å²) in [4.78, 5) is 14.6. The highest BCUT2D eigenvalue weighted by atomic mass is 16.2. The summed E-state index contributed by atoms with van der Waals surface area (Å²) in [5.41, 5.74) is 3.72. The van der Waals surface area contributed by atoms with Gasteiger partial charge >= 0.3 is 0 Å². The summed E-state index contributed by atoms with van der Waals surface area (Å²) in [6, 6.07) is 6.85. The Bertz CT molecular complexity index is 513. The Balaban J connectivity index is 1.54. The first-order chi connectivity index (χ1) is 9.31. The van der Waals surface area contributed by atoms with Gasteiger partial charge in [-0.1, -0.05) is 6.07 Å². The van der Waals surface area contributed by atoms with Gasteiger partial charge in [0.2, 0.25) is 0 Å². The Morgan fingerprint density at radius 3 is 3.00 bits per heavy atom. The Morgan fingerprint density at radius 1 is 1.21 bits per heavy atom. The quantitative estimate of drug-likeness (QED) is 0.828. The van der Waals surface area contributed by atoms with Crippen molar-refractivity contribution in [3.05, 3.63) is 34.9 Å². The van der Waals surface area contributed by atoms with Crippen LogP contribution in [0.15, 0.2) is 18.2 Å². The second-order valence-electron chi connectivity index (χ2n) is 6.16. The summed E-state index contributed by atoms with van der Waals surface area (Å²) in [6.07, 6.45) is 4.79. The van der Waals surface area contributed by atoms with Crippen molar-refractivity contribution in [2.75, 3.05) is 19.6 Å². The van der Waals surface area contributed by atoms with Gasteiger partial charge in [-0.05, 0) is 61.4 Å². The van der Waals surface area contributed by atoms with Crippen LogP contribution in [0.4, 0.5) is 0 Å². The fourth-order valence-electron chi connectivity index (χ4n) is 3.90. The average molecular weight is 256 g/mol. The van der Waals surface area contributed by atoms with Crippen molar-refractivity contribution in [1.29, 1.82) is 0 Å². The van der Waals surface area contributed by atoms with Crippen LogP contribution in [0.1, 0.15) is 34.3 Å². The molecule has 3 nitrogen and oxygen atoms in total. The van der Waals surface area contributed by atoms with Crippen LogP contribution in [-0.4, -0.2) is 36.5 Å². The molecule has 1 N–H and O–H groups in total. The highest BCUT2D eigenvalue weighted by molar-refractivity contribution is 5.94. The van der Waals surface area contributed by atoms with Gasteiger partial charge in [0.15, 0.2) is 0 Å². The maximum Gasteiger partial charge on any atom is 0.253 e. The van der Waals surface area contributed by atoms with E-state index >= 15 is 0 Å². The Hall–Kier alpha value is -1.35. The van der Waals surface area contributed by atoms with E-state index in [1.165, 1.54) is 30.4 Å². The fourth-order valence-corrected chi connectivity index (χ4v) is 3.90. The SMILES string of the molecule is O=C(c1ccc2c(c1)CCC2)N1C[C@@H]2CCN[C@@H]2C1. The molecule has 0 saturated carbocycles. The van der Waals surface area contributed by atoms with Crippen molar-refractivity contribution in [3.8, 4) is 0 Å². The molecule has 1 aromatic rings. The lowest BCUT2D eigenvalue weighted by atomic mass is 10.1. The van der Waals surface area contributed by atoms with Crippen LogP contribution in [0.25, 0.3) is 0 Å². The van der Waals surface area contributed by atoms with Crippen molar-refractivity contribution < 1.29 is 4.79 Å². The fraction of sp³-hybridized carbons (Fsp3) is 0.562. The third-order valence-corrected chi connectivity index (χ3v) is 5.00. The van der Waals surface area contributed by atoms with Gasteiger partial charge in [0.05, 0.1) is 0 Å². The Labute approximate surface area is 114 Å². The number of amides is 1. The van der Waals surface area contributed by atoms with Crippen LogP contribution in [-0.2, 0) is 12.8 Å². The molecule has 19 heavy (non-hydrogen) atoms. The van der Waals surface area contributed by atoms with E-state index in [0.29, 0.717) is 12.0 Å². The van der Waals surface area contributed by atoms with Crippen LogP contribution in [0.3, 0.4) is 0 Å². The molecule has 0 bridgehead atoms. The van der Waals surface area contributed by atoms with Gasteiger partial charge in [-0.25, -0.2) is 0 Å². The number of rotatable bonds is 1. The monoisotopic (exact) mass is 256 g/mol. The van der Waals surface area contributed by atoms with Crippen molar-refractivity contribution in [3.63, 3.8) is 0 Å². The number of likely N-dealkylation sites (tertiary alicyclic amines) is 1. The molecule has 2 saturated heterocycles. The highest BCUT2D eigenvalue weighted by Crippen LogP contribution is 2.27. The van der Waals surface area contributed by atoms with Gasteiger partial charge in [0, 0.05) is 24.7 Å². The van der Waals surface area contributed by atoms with Crippen LogP contribution >= 0.6 is 0 Å². The lowest BCUT2D eigenvalue weighted by molar-refractivity contribution is 0.0782. The predicted molar refractivity (Wildman–Crippen MR) is 74.3 cm³/mol. The third-order valence-electron chi connectivity index (χ3n) is 5.00. The molecular weight excluding hydrogens is 236 g/mol. The molecule has 2 heterocycles. The standard InChI is InChI=1S/C16H20N2O/c19-16(18-9-14-6-7-17-15(14)10-18)13-5-4-11-2-1-3-12(11)8-13/h4-5,8,14-15,17H,1-3,6-7,9-10H2/t14-,15+/m0/s1. The number of aryl methyl sites for hydroxylation is 2. The molecule has 0 spiro atoms. The molecule has 1 aliphatic carbocycles. The molecule has 0 radical (unpaired) electrons. The number of nitrogens with one attached hydrogen (secondary N) is 1. The summed E-state index contributed by atoms with van der Waals surface area (Å²) in [5, 5.41) is 3.50. The second-order valence-corrected chi connectivity index (χ2v) is 6.16. The van der Waals surface area contributed by atoms with Gasteiger partial charge in [-0.15, -0.1) is 0 Å². The molecule has 1 amide bonds. The summed E-state index contributed by atoms with van der Waals surface area (Å²) in [6.45, 7) is 2.95. The zero-order valence-corrected chi connectivity index (χ0v) is 11.2. The molecule has 2 atom stereocenters. The minimum atomic E-state index is 0.228. The topological polar surface area (TPSA) is 32.3 Å². The lowest BCUT2D eigenvalue weighted by Gasteiger charge is -2.18. The molecule has 3 aliphatic rings. The normalized spacial score (nSPS) is 28.5. The van der Waals surface area contributed by atoms with E-state index in [9.17, 15) is 4.79 Å². The van der Waals surface area contributed by atoms with Crippen molar-refractivity contribution >= 4 is 5.91 Å². The van der Waals surface area contributed by atoms with Gasteiger partial charge < -0.3 is 10.2 Å². The molecule has 2 aliphatic heterocycles. The summed E-state index contributed by atoms with van der Waals surface area (Å²) < 4.78 is 0. The van der Waals surface area contributed by atoms with Crippen molar-refractivity contribution in [2.24, 2.45) is 5.92 Å². The van der Waals surface area contributed by atoms with E-state index in [2.05, 4.69) is 17.4 Å². The van der Waals surface area contributed by atoms with Gasteiger partial charge in [-0.3, -0.25) is 4.79 Å². The van der Waals surface area contributed by atoms with Crippen LogP contribution in [0.2, 0.25) is 0 Å². The smallest absolute Gasteiger partial charge is 0.253 e. The highest BCUT2D eigenvalue weighted by Gasteiger charge is 2.38. The maximum atomic E-state index is 12.6. The second kappa shape index (κ2) is 4.34. The third kappa shape index (κ3) is 1.88. The van der Waals surface area contributed by atoms with E-state index in [1.807, 2.05) is 11.0 Å². The molecule has 0 aromatic heterocycles. The largest absolute Gasteiger partial charge is 0.337 e.